The van der Waals surface area contributed by atoms with Gasteiger partial charge in [0.25, 0.3) is 5.91 Å². The van der Waals surface area contributed by atoms with E-state index in [2.05, 4.69) is 10.0 Å². The van der Waals surface area contributed by atoms with Crippen LogP contribution in [0, 0.1) is 13.8 Å². The van der Waals surface area contributed by atoms with Gasteiger partial charge in [-0.25, -0.2) is 17.9 Å². The van der Waals surface area contributed by atoms with Crippen LogP contribution in [-0.2, 0) is 16.6 Å². The summed E-state index contributed by atoms with van der Waals surface area (Å²) in [6.07, 6.45) is 0. The van der Waals surface area contributed by atoms with Crippen molar-refractivity contribution >= 4 is 21.9 Å². The molecule has 1 aromatic carbocycles. The molecule has 0 aliphatic carbocycles. The highest BCUT2D eigenvalue weighted by atomic mass is 32.2. The normalized spacial score (nSPS) is 11.3. The fraction of sp³-hybridized carbons (Fsp3) is 0.294. The second-order valence-corrected chi connectivity index (χ2v) is 7.42. The minimum absolute atomic E-state index is 0.00268. The minimum atomic E-state index is -3.68. The van der Waals surface area contributed by atoms with E-state index in [1.807, 2.05) is 0 Å². The molecule has 3 N–H and O–H groups in total. The Hall–Kier alpha value is -2.65. The van der Waals surface area contributed by atoms with Crippen LogP contribution < -0.4 is 10.0 Å². The van der Waals surface area contributed by atoms with Crippen molar-refractivity contribution in [2.24, 2.45) is 0 Å². The van der Waals surface area contributed by atoms with E-state index in [0.29, 0.717) is 11.3 Å². The zero-order valence-electron chi connectivity index (χ0n) is 14.6. The molecule has 0 radical (unpaired) electrons. The number of amides is 1. The van der Waals surface area contributed by atoms with Crippen molar-refractivity contribution in [1.29, 1.82) is 0 Å². The molecule has 0 spiro atoms. The lowest BCUT2D eigenvalue weighted by Crippen LogP contribution is -2.26. The molecule has 1 amide bonds. The topological polar surface area (TPSA) is 126 Å². The second-order valence-electron chi connectivity index (χ2n) is 5.65. The Labute approximate surface area is 151 Å². The van der Waals surface area contributed by atoms with Gasteiger partial charge in [-0.3, -0.25) is 4.79 Å². The molecule has 0 saturated heterocycles. The maximum atomic E-state index is 12.4. The van der Waals surface area contributed by atoms with Crippen LogP contribution in [0.3, 0.4) is 0 Å². The Kier molecular flexibility index (Phi) is 5.83. The largest absolute Gasteiger partial charge is 0.478 e. The Balaban J connectivity index is 2.19. The van der Waals surface area contributed by atoms with Gasteiger partial charge in [-0.05, 0) is 37.6 Å². The van der Waals surface area contributed by atoms with Crippen molar-refractivity contribution in [3.05, 3.63) is 52.5 Å². The smallest absolute Gasteiger partial charge is 0.339 e. The number of nitrogens with one attached hydrogen (secondary N) is 2. The number of hydrogen-bond donors (Lipinski definition) is 3. The Morgan fingerprint density at radius 2 is 1.85 bits per heavy atom. The first-order valence-electron chi connectivity index (χ1n) is 7.86. The average Bonchev–Trinajstić information content (AvgIpc) is 2.94. The summed E-state index contributed by atoms with van der Waals surface area (Å²) in [5, 5.41) is 11.6. The van der Waals surface area contributed by atoms with E-state index in [-0.39, 0.29) is 34.9 Å². The van der Waals surface area contributed by atoms with Gasteiger partial charge in [0.15, 0.2) is 0 Å². The van der Waals surface area contributed by atoms with E-state index in [1.165, 1.54) is 25.1 Å². The zero-order chi connectivity index (χ0) is 19.5. The van der Waals surface area contributed by atoms with Gasteiger partial charge in [-0.15, -0.1) is 0 Å². The third-order valence-electron chi connectivity index (χ3n) is 3.72. The molecular weight excluding hydrogens is 360 g/mol. The number of aromatic carboxylic acids is 1. The third kappa shape index (κ3) is 4.30. The monoisotopic (exact) mass is 380 g/mol. The number of carbonyl (C=O) groups is 2. The highest BCUT2D eigenvalue weighted by Crippen LogP contribution is 2.17. The van der Waals surface area contributed by atoms with Crippen LogP contribution in [0.25, 0.3) is 0 Å². The predicted molar refractivity (Wildman–Crippen MR) is 93.6 cm³/mol. The molecular formula is C17H20N2O6S. The summed E-state index contributed by atoms with van der Waals surface area (Å²) in [7, 11) is -3.68. The number of benzene rings is 1. The van der Waals surface area contributed by atoms with E-state index in [4.69, 9.17) is 9.52 Å². The van der Waals surface area contributed by atoms with Gasteiger partial charge in [0, 0.05) is 12.1 Å². The predicted octanol–water partition coefficient (Wildman–Crippen LogP) is 1.82. The molecule has 0 aliphatic rings. The molecule has 0 atom stereocenters. The van der Waals surface area contributed by atoms with E-state index in [0.717, 1.165) is 0 Å². The van der Waals surface area contributed by atoms with Gasteiger partial charge in [-0.1, -0.05) is 13.0 Å². The summed E-state index contributed by atoms with van der Waals surface area (Å²) in [5.41, 5.74) is 0.856. The molecule has 1 aromatic heterocycles. The number of sulfonamides is 1. The van der Waals surface area contributed by atoms with Crippen LogP contribution in [0.2, 0.25) is 0 Å². The molecule has 0 saturated carbocycles. The lowest BCUT2D eigenvalue weighted by atomic mass is 10.1. The van der Waals surface area contributed by atoms with Crippen LogP contribution in [0.5, 0.6) is 0 Å². The summed E-state index contributed by atoms with van der Waals surface area (Å²) in [6.45, 7) is 5.10. The molecule has 0 unspecified atom stereocenters. The maximum absolute atomic E-state index is 12.4. The number of carboxylic acid groups (broad SMARTS) is 1. The number of carbonyl (C=O) groups excluding carboxylic acids is 1. The summed E-state index contributed by atoms with van der Waals surface area (Å²) >= 11 is 0. The molecule has 8 nitrogen and oxygen atoms in total. The number of rotatable bonds is 7. The molecule has 0 fully saturated rings. The lowest BCUT2D eigenvalue weighted by Gasteiger charge is -2.10. The second kappa shape index (κ2) is 7.71. The summed E-state index contributed by atoms with van der Waals surface area (Å²) in [5.74, 6) is -1.05. The average molecular weight is 380 g/mol. The van der Waals surface area contributed by atoms with Crippen molar-refractivity contribution in [3.63, 3.8) is 0 Å². The van der Waals surface area contributed by atoms with Crippen LogP contribution in [0.15, 0.2) is 33.6 Å². The van der Waals surface area contributed by atoms with Crippen LogP contribution in [0.1, 0.15) is 44.7 Å². The standard InChI is InChI=1S/C17H20N2O6S/c1-4-19-26(23,24)13-6-5-10(2)14(8-13)16(20)18-9-12-7-15(17(21)22)11(3)25-12/h5-8,19H,4,9H2,1-3H3,(H,18,20)(H,21,22). The molecule has 2 aromatic rings. The van der Waals surface area contributed by atoms with E-state index >= 15 is 0 Å². The van der Waals surface area contributed by atoms with Gasteiger partial charge < -0.3 is 14.8 Å². The zero-order valence-corrected chi connectivity index (χ0v) is 15.4. The SMILES string of the molecule is CCNS(=O)(=O)c1ccc(C)c(C(=O)NCc2cc(C(=O)O)c(C)o2)c1. The Bertz CT molecular complexity index is 946. The highest BCUT2D eigenvalue weighted by molar-refractivity contribution is 7.89. The third-order valence-corrected chi connectivity index (χ3v) is 5.26. The van der Waals surface area contributed by atoms with Crippen molar-refractivity contribution in [1.82, 2.24) is 10.0 Å². The van der Waals surface area contributed by atoms with Crippen LogP contribution in [-0.4, -0.2) is 31.9 Å². The Morgan fingerprint density at radius 3 is 2.42 bits per heavy atom. The van der Waals surface area contributed by atoms with E-state index in [1.54, 1.807) is 19.9 Å². The fourth-order valence-corrected chi connectivity index (χ4v) is 3.46. The number of hydrogen-bond acceptors (Lipinski definition) is 5. The number of aryl methyl sites for hydroxylation is 2. The Morgan fingerprint density at radius 1 is 1.15 bits per heavy atom. The summed E-state index contributed by atoms with van der Waals surface area (Å²) < 4.78 is 31.8. The van der Waals surface area contributed by atoms with E-state index < -0.39 is 21.9 Å². The van der Waals surface area contributed by atoms with Crippen molar-refractivity contribution in [3.8, 4) is 0 Å². The van der Waals surface area contributed by atoms with Gasteiger partial charge in [-0.2, -0.15) is 0 Å². The first-order valence-corrected chi connectivity index (χ1v) is 9.35. The van der Waals surface area contributed by atoms with Crippen LogP contribution in [0.4, 0.5) is 0 Å². The van der Waals surface area contributed by atoms with Gasteiger partial charge in [0.2, 0.25) is 10.0 Å². The summed E-state index contributed by atoms with van der Waals surface area (Å²) in [4.78, 5) is 23.4. The first-order chi connectivity index (χ1) is 12.2. The van der Waals surface area contributed by atoms with Crippen molar-refractivity contribution in [2.75, 3.05) is 6.54 Å². The first kappa shape index (κ1) is 19.7. The van der Waals surface area contributed by atoms with Gasteiger partial charge in [0.05, 0.1) is 11.4 Å². The van der Waals surface area contributed by atoms with Crippen LogP contribution >= 0.6 is 0 Å². The van der Waals surface area contributed by atoms with Crippen molar-refractivity contribution in [2.45, 2.75) is 32.2 Å². The molecule has 1 heterocycles. The number of furan rings is 1. The maximum Gasteiger partial charge on any atom is 0.339 e. The fourth-order valence-electron chi connectivity index (χ4n) is 2.39. The molecule has 0 bridgehead atoms. The number of carboxylic acids is 1. The highest BCUT2D eigenvalue weighted by Gasteiger charge is 2.18. The summed E-state index contributed by atoms with van der Waals surface area (Å²) in [6, 6.07) is 5.63. The quantitative estimate of drug-likeness (QED) is 0.673. The van der Waals surface area contributed by atoms with Gasteiger partial charge in [0.1, 0.15) is 17.1 Å². The van der Waals surface area contributed by atoms with E-state index in [9.17, 15) is 18.0 Å². The molecule has 140 valence electrons. The van der Waals surface area contributed by atoms with Gasteiger partial charge >= 0.3 is 5.97 Å². The van der Waals surface area contributed by atoms with Crippen molar-refractivity contribution < 1.29 is 27.5 Å². The molecule has 26 heavy (non-hydrogen) atoms. The lowest BCUT2D eigenvalue weighted by molar-refractivity contribution is 0.0694. The molecule has 2 rings (SSSR count). The minimum Gasteiger partial charge on any atom is -0.478 e. The molecule has 9 heteroatoms. The molecule has 0 aliphatic heterocycles.